The monoisotopic (exact) mass is 420 g/mol. The van der Waals surface area contributed by atoms with Gasteiger partial charge in [0.1, 0.15) is 16.5 Å². The highest BCUT2D eigenvalue weighted by Crippen LogP contribution is 2.33. The number of ether oxygens (including phenoxy) is 1. The minimum absolute atomic E-state index is 0.0254. The van der Waals surface area contributed by atoms with Crippen LogP contribution in [0.5, 0.6) is 0 Å². The van der Waals surface area contributed by atoms with Crippen LogP contribution in [0.4, 0.5) is 4.79 Å². The van der Waals surface area contributed by atoms with Crippen LogP contribution in [0.3, 0.4) is 0 Å². The van der Waals surface area contributed by atoms with Crippen LogP contribution >= 0.6 is 11.3 Å². The van der Waals surface area contributed by atoms with Gasteiger partial charge in [0.2, 0.25) is 5.01 Å². The molecule has 0 amide bonds. The number of nitrogens with zero attached hydrogens (tertiary/aromatic N) is 3. The molecule has 0 atom stereocenters. The van der Waals surface area contributed by atoms with Crippen molar-refractivity contribution in [1.82, 2.24) is 9.97 Å². The average molecular weight is 421 g/mol. The summed E-state index contributed by atoms with van der Waals surface area (Å²) in [5, 5.41) is 14.5. The smallest absolute Gasteiger partial charge is 0.457 e. The summed E-state index contributed by atoms with van der Waals surface area (Å²) in [5.74, 6) is 0. The molecule has 0 saturated heterocycles. The highest BCUT2D eigenvalue weighted by Gasteiger charge is 2.28. The van der Waals surface area contributed by atoms with Gasteiger partial charge < -0.3 is 14.8 Å². The number of carbonyl (C=O) groups excluding carboxylic acids is 1. The molecule has 0 unspecified atom stereocenters. The summed E-state index contributed by atoms with van der Waals surface area (Å²) in [6.45, 7) is 7.27. The van der Waals surface area contributed by atoms with Crippen molar-refractivity contribution in [3.8, 4) is 10.6 Å². The maximum absolute atomic E-state index is 12.9. The molecule has 1 N–H and O–H groups in total. The zero-order chi connectivity index (χ0) is 21.5. The number of hydrogen-bond acceptors (Lipinski definition) is 5. The standard InChI is InChI=1S/C23H22N3O3S/c1-14-19(20(27)17-13-30-21(25-17)15-8-7-11-24-12-15)16-9-5-6-10-18(16)26(14)22(28)29-23(2,3)4/h5-13,27H,1-4H3/q-1. The largest absolute Gasteiger partial charge is 0.584 e. The molecule has 0 aliphatic rings. The zero-order valence-corrected chi connectivity index (χ0v) is 18.0. The van der Waals surface area contributed by atoms with Crippen molar-refractivity contribution in [2.24, 2.45) is 0 Å². The molecule has 7 heteroatoms. The number of fused-ring (bicyclic) bond motifs is 1. The lowest BCUT2D eigenvalue weighted by molar-refractivity contribution is -0.565. The van der Waals surface area contributed by atoms with Gasteiger partial charge in [-0.2, -0.15) is 14.9 Å². The Morgan fingerprint density at radius 1 is 1.27 bits per heavy atom. The summed E-state index contributed by atoms with van der Waals surface area (Å²) in [5.41, 5.74) is 2.55. The number of para-hydroxylation sites is 1. The lowest BCUT2D eigenvalue weighted by Gasteiger charge is -2.22. The number of aliphatic hydroxyl groups excluding tert-OH is 1. The molecular weight excluding hydrogens is 398 g/mol. The number of pyridine rings is 1. The van der Waals surface area contributed by atoms with Gasteiger partial charge in [0, 0.05) is 11.9 Å². The highest BCUT2D eigenvalue weighted by atomic mass is 32.1. The van der Waals surface area contributed by atoms with E-state index < -0.39 is 11.7 Å². The van der Waals surface area contributed by atoms with Gasteiger partial charge in [-0.3, -0.25) is 4.98 Å². The molecule has 6 nitrogen and oxygen atoms in total. The molecular formula is C23H22N3O3S-. The summed E-state index contributed by atoms with van der Waals surface area (Å²) in [4.78, 5) is 21.6. The van der Waals surface area contributed by atoms with Gasteiger partial charge in [-0.25, -0.2) is 0 Å². The van der Waals surface area contributed by atoms with Gasteiger partial charge in [0.05, 0.1) is 0 Å². The van der Waals surface area contributed by atoms with Crippen LogP contribution in [-0.4, -0.2) is 26.8 Å². The summed E-state index contributed by atoms with van der Waals surface area (Å²) in [7, 11) is 0. The second-order valence-electron chi connectivity index (χ2n) is 7.92. The van der Waals surface area contributed by atoms with Crippen molar-refractivity contribution in [1.29, 1.82) is 0 Å². The zero-order valence-electron chi connectivity index (χ0n) is 17.2. The molecule has 0 spiro atoms. The van der Waals surface area contributed by atoms with Gasteiger partial charge >= 0.3 is 6.09 Å². The fourth-order valence-electron chi connectivity index (χ4n) is 3.34. The summed E-state index contributed by atoms with van der Waals surface area (Å²) in [6.07, 6.45) is 2.98. The van der Waals surface area contributed by atoms with Crippen molar-refractivity contribution < 1.29 is 19.2 Å². The van der Waals surface area contributed by atoms with Gasteiger partial charge in [-0.15, -0.1) is 17.5 Å². The molecule has 0 radical (unpaired) electrons. The summed E-state index contributed by atoms with van der Waals surface area (Å²) < 4.78 is 7.09. The van der Waals surface area contributed by atoms with Crippen molar-refractivity contribution in [3.63, 3.8) is 0 Å². The van der Waals surface area contributed by atoms with E-state index in [0.717, 1.165) is 16.0 Å². The Kier molecular flexibility index (Phi) is 5.09. The molecule has 0 bridgehead atoms. The first-order valence-electron chi connectivity index (χ1n) is 9.52. The maximum Gasteiger partial charge on any atom is 0.584 e. The van der Waals surface area contributed by atoms with Crippen LogP contribution < -0.4 is 4.57 Å². The number of carbonyl (C=O) groups is 1. The van der Waals surface area contributed by atoms with Crippen molar-refractivity contribution in [3.05, 3.63) is 77.2 Å². The fraction of sp³-hybridized carbons (Fsp3) is 0.217. The molecule has 0 aliphatic heterocycles. The normalized spacial score (nSPS) is 11.6. The number of thiazole rings is 1. The minimum atomic E-state index is -0.631. The Balaban J connectivity index is 1.79. The first-order chi connectivity index (χ1) is 14.3. The minimum Gasteiger partial charge on any atom is -0.457 e. The van der Waals surface area contributed by atoms with Gasteiger partial charge in [-0.1, -0.05) is 24.3 Å². The number of rotatable bonds is 3. The molecule has 1 aromatic carbocycles. The quantitative estimate of drug-likeness (QED) is 0.294. The maximum atomic E-state index is 12.9. The first-order valence-corrected chi connectivity index (χ1v) is 10.4. The second-order valence-corrected chi connectivity index (χ2v) is 8.78. The van der Waals surface area contributed by atoms with Crippen LogP contribution in [-0.2, 0) is 4.74 Å². The third-order valence-corrected chi connectivity index (χ3v) is 5.47. The van der Waals surface area contributed by atoms with Crippen LogP contribution in [0.15, 0.2) is 54.2 Å². The van der Waals surface area contributed by atoms with Crippen molar-refractivity contribution in [2.45, 2.75) is 33.3 Å². The number of benzene rings is 1. The van der Waals surface area contributed by atoms with E-state index in [1.165, 1.54) is 15.9 Å². The van der Waals surface area contributed by atoms with Gasteiger partial charge in [-0.05, 0) is 51.2 Å². The van der Waals surface area contributed by atoms with Crippen LogP contribution in [0.1, 0.15) is 37.7 Å². The predicted octanol–water partition coefficient (Wildman–Crippen LogP) is 4.76. The summed E-state index contributed by atoms with van der Waals surface area (Å²) in [6, 6.07) is 11.2. The third kappa shape index (κ3) is 3.69. The van der Waals surface area contributed by atoms with E-state index in [1.54, 1.807) is 24.7 Å². The van der Waals surface area contributed by atoms with E-state index in [9.17, 15) is 9.90 Å². The molecule has 4 rings (SSSR count). The van der Waals surface area contributed by atoms with E-state index in [2.05, 4.69) is 9.97 Å². The Bertz CT molecular complexity index is 1210. The molecule has 0 aliphatic carbocycles. The van der Waals surface area contributed by atoms with Crippen LogP contribution in [0.2, 0.25) is 0 Å². The van der Waals surface area contributed by atoms with Gasteiger partial charge in [0.25, 0.3) is 0 Å². The molecule has 0 fully saturated rings. The van der Waals surface area contributed by atoms with E-state index in [4.69, 9.17) is 4.74 Å². The average Bonchev–Trinajstić information content (AvgIpc) is 3.29. The Morgan fingerprint density at radius 2 is 2.07 bits per heavy atom. The van der Waals surface area contributed by atoms with Gasteiger partial charge in [0.15, 0.2) is 11.3 Å². The molecule has 4 aromatic rings. The van der Waals surface area contributed by atoms with E-state index in [1.807, 2.05) is 57.2 Å². The van der Waals surface area contributed by atoms with E-state index >= 15 is 0 Å². The van der Waals surface area contributed by atoms with E-state index in [0.29, 0.717) is 22.5 Å². The van der Waals surface area contributed by atoms with Crippen LogP contribution in [0.25, 0.3) is 21.5 Å². The summed E-state index contributed by atoms with van der Waals surface area (Å²) >= 11 is 1.43. The Labute approximate surface area is 178 Å². The highest BCUT2D eigenvalue weighted by molar-refractivity contribution is 7.13. The SMILES string of the molecule is Cc1c([C-](O)c2c[s+][c-](-c3cccnc3)n2)[c-]2ccccc2[n+]1C(=O)OC(C)(C)C. The second kappa shape index (κ2) is 7.59. The molecule has 3 aromatic heterocycles. The lowest BCUT2D eigenvalue weighted by atomic mass is 10.0. The van der Waals surface area contributed by atoms with E-state index in [-0.39, 0.29) is 6.10 Å². The predicted molar refractivity (Wildman–Crippen MR) is 115 cm³/mol. The van der Waals surface area contributed by atoms with Crippen LogP contribution in [0, 0.1) is 13.0 Å². The molecule has 0 saturated carbocycles. The Hall–Kier alpha value is -3.16. The number of aliphatic hydroxyl groups is 1. The number of hydrogen-bond donors (Lipinski definition) is 1. The first kappa shape index (κ1) is 20.1. The number of aromatic nitrogens is 3. The van der Waals surface area contributed by atoms with Crippen molar-refractivity contribution >= 4 is 28.3 Å². The topological polar surface area (TPSA) is 76.2 Å². The third-order valence-electron chi connectivity index (χ3n) is 4.58. The molecule has 3 heterocycles. The fourth-order valence-corrected chi connectivity index (χ4v) is 4.14. The Morgan fingerprint density at radius 3 is 2.77 bits per heavy atom. The molecule has 30 heavy (non-hydrogen) atoms. The van der Waals surface area contributed by atoms with Crippen molar-refractivity contribution in [2.75, 3.05) is 0 Å². The molecule has 154 valence electrons. The lowest BCUT2D eigenvalue weighted by Crippen LogP contribution is -2.48.